The van der Waals surface area contributed by atoms with Gasteiger partial charge in [-0.25, -0.2) is 9.37 Å². The third-order valence-electron chi connectivity index (χ3n) is 1.23. The maximum Gasteiger partial charge on any atom is 0.250 e. The standard InChI is InChI=1S/C7H7FN2O2/c1-12-7-6(8)2-5(3-9-7)4-10-11/h2-4,11H,1H3. The van der Waals surface area contributed by atoms with E-state index in [4.69, 9.17) is 5.21 Å². The molecular weight excluding hydrogens is 163 g/mol. The molecule has 0 radical (unpaired) electrons. The number of hydrogen-bond donors (Lipinski definition) is 1. The van der Waals surface area contributed by atoms with Crippen LogP contribution in [0.15, 0.2) is 17.4 Å². The average molecular weight is 170 g/mol. The molecular formula is C7H7FN2O2. The van der Waals surface area contributed by atoms with Crippen molar-refractivity contribution in [2.75, 3.05) is 7.11 Å². The van der Waals surface area contributed by atoms with E-state index < -0.39 is 5.82 Å². The molecule has 4 nitrogen and oxygen atoms in total. The predicted octanol–water partition coefficient (Wildman–Crippen LogP) is 1.04. The summed E-state index contributed by atoms with van der Waals surface area (Å²) in [4.78, 5) is 3.62. The fourth-order valence-corrected chi connectivity index (χ4v) is 0.728. The van der Waals surface area contributed by atoms with E-state index in [0.29, 0.717) is 5.56 Å². The number of halogens is 1. The highest BCUT2D eigenvalue weighted by atomic mass is 19.1. The largest absolute Gasteiger partial charge is 0.479 e. The summed E-state index contributed by atoms with van der Waals surface area (Å²) in [6.45, 7) is 0. The zero-order valence-corrected chi connectivity index (χ0v) is 6.36. The first-order chi connectivity index (χ1) is 5.77. The first-order valence-corrected chi connectivity index (χ1v) is 3.15. The maximum absolute atomic E-state index is 12.8. The highest BCUT2D eigenvalue weighted by Gasteiger charge is 2.02. The van der Waals surface area contributed by atoms with Crippen molar-refractivity contribution in [3.63, 3.8) is 0 Å². The number of rotatable bonds is 2. The summed E-state index contributed by atoms with van der Waals surface area (Å²) in [5, 5.41) is 10.9. The Bertz CT molecular complexity index is 301. The molecule has 1 heterocycles. The van der Waals surface area contributed by atoms with Gasteiger partial charge in [0.2, 0.25) is 5.88 Å². The fraction of sp³-hybridized carbons (Fsp3) is 0.143. The zero-order chi connectivity index (χ0) is 8.97. The molecule has 0 atom stereocenters. The highest BCUT2D eigenvalue weighted by Crippen LogP contribution is 2.12. The van der Waals surface area contributed by atoms with E-state index in [0.717, 1.165) is 12.3 Å². The van der Waals surface area contributed by atoms with Crippen LogP contribution in [0.5, 0.6) is 5.88 Å². The van der Waals surface area contributed by atoms with Gasteiger partial charge in [0.15, 0.2) is 5.82 Å². The summed E-state index contributed by atoms with van der Waals surface area (Å²) in [6.07, 6.45) is 2.41. The Morgan fingerprint density at radius 2 is 2.50 bits per heavy atom. The van der Waals surface area contributed by atoms with E-state index in [2.05, 4.69) is 14.9 Å². The second-order valence-corrected chi connectivity index (χ2v) is 2.00. The van der Waals surface area contributed by atoms with E-state index in [1.807, 2.05) is 0 Å². The lowest BCUT2D eigenvalue weighted by molar-refractivity contribution is 0.321. The van der Waals surface area contributed by atoms with E-state index in [9.17, 15) is 4.39 Å². The quantitative estimate of drug-likeness (QED) is 0.410. The van der Waals surface area contributed by atoms with Crippen LogP contribution in [0.4, 0.5) is 4.39 Å². The van der Waals surface area contributed by atoms with Crippen LogP contribution in [-0.2, 0) is 0 Å². The second-order valence-electron chi connectivity index (χ2n) is 2.00. The molecule has 0 amide bonds. The monoisotopic (exact) mass is 170 g/mol. The van der Waals surface area contributed by atoms with Gasteiger partial charge in [-0.1, -0.05) is 5.16 Å². The third-order valence-corrected chi connectivity index (χ3v) is 1.23. The van der Waals surface area contributed by atoms with Gasteiger partial charge < -0.3 is 9.94 Å². The van der Waals surface area contributed by atoms with Crippen molar-refractivity contribution in [2.45, 2.75) is 0 Å². The predicted molar refractivity (Wildman–Crippen MR) is 40.1 cm³/mol. The Kier molecular flexibility index (Phi) is 2.57. The summed E-state index contributed by atoms with van der Waals surface area (Å²) < 4.78 is 17.4. The molecule has 0 spiro atoms. The van der Waals surface area contributed by atoms with Crippen LogP contribution in [-0.4, -0.2) is 23.5 Å². The Balaban J connectivity index is 3.01. The molecule has 1 aromatic heterocycles. The molecule has 5 heteroatoms. The molecule has 1 aromatic rings. The van der Waals surface area contributed by atoms with Crippen LogP contribution in [0, 0.1) is 5.82 Å². The summed E-state index contributed by atoms with van der Waals surface area (Å²) >= 11 is 0. The molecule has 1 rings (SSSR count). The van der Waals surface area contributed by atoms with Crippen molar-refractivity contribution in [2.24, 2.45) is 5.16 Å². The number of oxime groups is 1. The Morgan fingerprint density at radius 1 is 1.75 bits per heavy atom. The van der Waals surface area contributed by atoms with Crippen LogP contribution in [0.2, 0.25) is 0 Å². The molecule has 0 aliphatic rings. The van der Waals surface area contributed by atoms with Crippen molar-refractivity contribution in [1.82, 2.24) is 4.98 Å². The van der Waals surface area contributed by atoms with Crippen molar-refractivity contribution in [3.05, 3.63) is 23.6 Å². The van der Waals surface area contributed by atoms with Crippen molar-refractivity contribution < 1.29 is 14.3 Å². The van der Waals surface area contributed by atoms with Crippen molar-refractivity contribution in [3.8, 4) is 5.88 Å². The molecule has 0 aliphatic carbocycles. The molecule has 12 heavy (non-hydrogen) atoms. The minimum Gasteiger partial charge on any atom is -0.479 e. The summed E-state index contributed by atoms with van der Waals surface area (Å²) in [5.74, 6) is -0.667. The zero-order valence-electron chi connectivity index (χ0n) is 6.36. The van der Waals surface area contributed by atoms with Gasteiger partial charge in [-0.05, 0) is 6.07 Å². The second kappa shape index (κ2) is 3.66. The number of pyridine rings is 1. The van der Waals surface area contributed by atoms with Gasteiger partial charge in [0.05, 0.1) is 13.3 Å². The SMILES string of the molecule is COc1ncc(C=NO)cc1F. The van der Waals surface area contributed by atoms with Gasteiger partial charge in [0, 0.05) is 11.8 Å². The average Bonchev–Trinajstić information content (AvgIpc) is 2.05. The molecule has 0 bridgehead atoms. The van der Waals surface area contributed by atoms with Gasteiger partial charge in [-0.3, -0.25) is 0 Å². The van der Waals surface area contributed by atoms with Crippen LogP contribution in [0.25, 0.3) is 0 Å². The van der Waals surface area contributed by atoms with E-state index >= 15 is 0 Å². The van der Waals surface area contributed by atoms with Gasteiger partial charge in [0.25, 0.3) is 0 Å². The Labute approximate surface area is 68.3 Å². The Morgan fingerprint density at radius 3 is 3.00 bits per heavy atom. The molecule has 0 aromatic carbocycles. The van der Waals surface area contributed by atoms with E-state index in [1.54, 1.807) is 0 Å². The van der Waals surface area contributed by atoms with Crippen LogP contribution in [0.1, 0.15) is 5.56 Å². The molecule has 64 valence electrons. The normalized spacial score (nSPS) is 10.5. The van der Waals surface area contributed by atoms with Crippen molar-refractivity contribution >= 4 is 6.21 Å². The number of ether oxygens (including phenoxy) is 1. The number of hydrogen-bond acceptors (Lipinski definition) is 4. The summed E-state index contributed by atoms with van der Waals surface area (Å²) in [5.41, 5.74) is 0.371. The van der Waals surface area contributed by atoms with Crippen LogP contribution < -0.4 is 4.74 Å². The van der Waals surface area contributed by atoms with Gasteiger partial charge in [-0.2, -0.15) is 0 Å². The van der Waals surface area contributed by atoms with E-state index in [1.165, 1.54) is 13.3 Å². The number of methoxy groups -OCH3 is 1. The molecule has 0 fully saturated rings. The van der Waals surface area contributed by atoms with Crippen LogP contribution in [0.3, 0.4) is 0 Å². The Hall–Kier alpha value is -1.65. The topological polar surface area (TPSA) is 54.7 Å². The van der Waals surface area contributed by atoms with E-state index in [-0.39, 0.29) is 5.88 Å². The lowest BCUT2D eigenvalue weighted by Crippen LogP contribution is -1.93. The third kappa shape index (κ3) is 1.69. The van der Waals surface area contributed by atoms with Gasteiger partial charge >= 0.3 is 0 Å². The van der Waals surface area contributed by atoms with Gasteiger partial charge in [-0.15, -0.1) is 0 Å². The van der Waals surface area contributed by atoms with Crippen LogP contribution >= 0.6 is 0 Å². The lowest BCUT2D eigenvalue weighted by atomic mass is 10.3. The minimum atomic E-state index is -0.588. The number of nitrogens with zero attached hydrogens (tertiary/aromatic N) is 2. The number of aromatic nitrogens is 1. The maximum atomic E-state index is 12.8. The molecule has 0 unspecified atom stereocenters. The molecule has 0 saturated carbocycles. The summed E-state index contributed by atoms with van der Waals surface area (Å²) in [7, 11) is 1.32. The van der Waals surface area contributed by atoms with Gasteiger partial charge in [0.1, 0.15) is 0 Å². The first kappa shape index (κ1) is 8.45. The lowest BCUT2D eigenvalue weighted by Gasteiger charge is -1.99. The smallest absolute Gasteiger partial charge is 0.250 e. The minimum absolute atomic E-state index is 0.0786. The first-order valence-electron chi connectivity index (χ1n) is 3.15. The fourth-order valence-electron chi connectivity index (χ4n) is 0.728. The molecule has 0 saturated heterocycles. The molecule has 1 N–H and O–H groups in total. The molecule has 0 aliphatic heterocycles. The highest BCUT2D eigenvalue weighted by molar-refractivity contribution is 5.78. The van der Waals surface area contributed by atoms with Crippen molar-refractivity contribution in [1.29, 1.82) is 0 Å². The summed E-state index contributed by atoms with van der Waals surface area (Å²) in [6, 6.07) is 1.16.